The van der Waals surface area contributed by atoms with Crippen LogP contribution in [0.2, 0.25) is 5.02 Å². The van der Waals surface area contributed by atoms with Gasteiger partial charge in [-0.3, -0.25) is 14.9 Å². The van der Waals surface area contributed by atoms with Gasteiger partial charge >= 0.3 is 0 Å². The number of rotatable bonds is 5. The van der Waals surface area contributed by atoms with Crippen molar-refractivity contribution in [2.75, 3.05) is 6.54 Å². The maximum atomic E-state index is 11.7. The number of nitro groups is 1. The Morgan fingerprint density at radius 3 is 2.68 bits per heavy atom. The molecular formula is C11H15Cl2N3O3. The lowest BCUT2D eigenvalue weighted by molar-refractivity contribution is -0.384. The Morgan fingerprint density at radius 2 is 2.16 bits per heavy atom. The molecule has 0 saturated heterocycles. The molecule has 3 N–H and O–H groups in total. The molecule has 1 atom stereocenters. The molecule has 0 saturated carbocycles. The molecule has 8 heteroatoms. The highest BCUT2D eigenvalue weighted by Gasteiger charge is 2.13. The van der Waals surface area contributed by atoms with Gasteiger partial charge in [0.2, 0.25) is 0 Å². The third-order valence-corrected chi connectivity index (χ3v) is 2.46. The van der Waals surface area contributed by atoms with E-state index in [-0.39, 0.29) is 34.7 Å². The van der Waals surface area contributed by atoms with Crippen LogP contribution in [-0.2, 0) is 0 Å². The molecule has 0 bridgehead atoms. The number of halogens is 2. The number of hydrogen-bond acceptors (Lipinski definition) is 4. The lowest BCUT2D eigenvalue weighted by atomic mass is 10.2. The zero-order valence-corrected chi connectivity index (χ0v) is 11.8. The van der Waals surface area contributed by atoms with Gasteiger partial charge in [0.05, 0.1) is 4.92 Å². The Labute approximate surface area is 121 Å². The van der Waals surface area contributed by atoms with Crippen LogP contribution < -0.4 is 11.1 Å². The fraction of sp³-hybridized carbons (Fsp3) is 0.364. The third kappa shape index (κ3) is 5.87. The summed E-state index contributed by atoms with van der Waals surface area (Å²) in [6, 6.07) is 3.75. The summed E-state index contributed by atoms with van der Waals surface area (Å²) >= 11 is 5.72. The van der Waals surface area contributed by atoms with Gasteiger partial charge < -0.3 is 11.1 Å². The number of nitrogens with zero attached hydrogens (tertiary/aromatic N) is 1. The summed E-state index contributed by atoms with van der Waals surface area (Å²) in [7, 11) is 0. The molecular weight excluding hydrogens is 293 g/mol. The summed E-state index contributed by atoms with van der Waals surface area (Å²) in [6.45, 7) is 2.24. The van der Waals surface area contributed by atoms with E-state index in [4.69, 9.17) is 17.3 Å². The molecule has 0 fully saturated rings. The van der Waals surface area contributed by atoms with Gasteiger partial charge in [0, 0.05) is 35.3 Å². The van der Waals surface area contributed by atoms with E-state index in [1.165, 1.54) is 18.2 Å². The van der Waals surface area contributed by atoms with Crippen LogP contribution in [0, 0.1) is 10.1 Å². The fourth-order valence-corrected chi connectivity index (χ4v) is 1.56. The summed E-state index contributed by atoms with van der Waals surface area (Å²) in [4.78, 5) is 21.8. The van der Waals surface area contributed by atoms with Crippen LogP contribution in [0.5, 0.6) is 0 Å². The summed E-state index contributed by atoms with van der Waals surface area (Å²) < 4.78 is 0. The molecule has 106 valence electrons. The average molecular weight is 308 g/mol. The quantitative estimate of drug-likeness (QED) is 0.643. The number of nitrogens with two attached hydrogens (primary N) is 1. The van der Waals surface area contributed by atoms with Gasteiger partial charge in [-0.25, -0.2) is 0 Å². The van der Waals surface area contributed by atoms with Crippen LogP contribution in [0.15, 0.2) is 18.2 Å². The smallest absolute Gasteiger partial charge is 0.271 e. The van der Waals surface area contributed by atoms with Crippen LogP contribution in [-0.4, -0.2) is 23.4 Å². The van der Waals surface area contributed by atoms with Crippen molar-refractivity contribution in [3.63, 3.8) is 0 Å². The van der Waals surface area contributed by atoms with Crippen LogP contribution >= 0.6 is 24.0 Å². The van der Waals surface area contributed by atoms with E-state index in [0.29, 0.717) is 13.0 Å². The summed E-state index contributed by atoms with van der Waals surface area (Å²) in [5.74, 6) is -0.402. The molecule has 0 radical (unpaired) electrons. The standard InChI is InChI=1S/C11H14ClN3O3.ClH/c1-7(13)2-3-14-11(16)8-4-9(12)6-10(5-8)15(17)18;/h4-7H,2-3,13H2,1H3,(H,14,16);1H. The van der Waals surface area contributed by atoms with Gasteiger partial charge in [0.15, 0.2) is 0 Å². The topological polar surface area (TPSA) is 98.3 Å². The lowest BCUT2D eigenvalue weighted by Gasteiger charge is -2.07. The van der Waals surface area contributed by atoms with Gasteiger partial charge in [-0.05, 0) is 19.4 Å². The second-order valence-corrected chi connectivity index (χ2v) is 4.41. The van der Waals surface area contributed by atoms with Crippen molar-refractivity contribution in [1.29, 1.82) is 0 Å². The van der Waals surface area contributed by atoms with Gasteiger partial charge in [-0.15, -0.1) is 12.4 Å². The molecule has 6 nitrogen and oxygen atoms in total. The lowest BCUT2D eigenvalue weighted by Crippen LogP contribution is -2.28. The van der Waals surface area contributed by atoms with E-state index in [0.717, 1.165) is 0 Å². The number of hydrogen-bond donors (Lipinski definition) is 2. The monoisotopic (exact) mass is 307 g/mol. The Kier molecular flexibility index (Phi) is 7.36. The van der Waals surface area contributed by atoms with E-state index in [9.17, 15) is 14.9 Å². The van der Waals surface area contributed by atoms with Crippen LogP contribution in [0.25, 0.3) is 0 Å². The SMILES string of the molecule is CC(N)CCNC(=O)c1cc(Cl)cc([N+](=O)[O-])c1.Cl. The first-order valence-electron chi connectivity index (χ1n) is 5.39. The molecule has 0 spiro atoms. The highest BCUT2D eigenvalue weighted by atomic mass is 35.5. The number of carbonyl (C=O) groups excluding carboxylic acids is 1. The molecule has 1 aromatic rings. The van der Waals surface area contributed by atoms with Crippen molar-refractivity contribution in [2.24, 2.45) is 5.73 Å². The van der Waals surface area contributed by atoms with Crippen LogP contribution in [0.1, 0.15) is 23.7 Å². The second kappa shape index (κ2) is 7.93. The predicted molar refractivity (Wildman–Crippen MR) is 76.0 cm³/mol. The number of amides is 1. The number of nitrogens with one attached hydrogen (secondary N) is 1. The van der Waals surface area contributed by atoms with Crippen molar-refractivity contribution in [2.45, 2.75) is 19.4 Å². The first-order valence-corrected chi connectivity index (χ1v) is 5.76. The molecule has 1 rings (SSSR count). The number of benzene rings is 1. The van der Waals surface area contributed by atoms with E-state index in [2.05, 4.69) is 5.32 Å². The Balaban J connectivity index is 0.00000324. The number of non-ortho nitro benzene ring substituents is 1. The minimum Gasteiger partial charge on any atom is -0.352 e. The van der Waals surface area contributed by atoms with Crippen molar-refractivity contribution < 1.29 is 9.72 Å². The molecule has 0 aliphatic rings. The first-order chi connectivity index (χ1) is 8.40. The maximum Gasteiger partial charge on any atom is 0.271 e. The summed E-state index contributed by atoms with van der Waals surface area (Å²) in [5.41, 5.74) is 5.50. The molecule has 0 aliphatic carbocycles. The van der Waals surface area contributed by atoms with Crippen LogP contribution in [0.3, 0.4) is 0 Å². The second-order valence-electron chi connectivity index (χ2n) is 3.98. The normalized spacial score (nSPS) is 11.3. The van der Waals surface area contributed by atoms with Crippen molar-refractivity contribution >= 4 is 35.6 Å². The number of nitro benzene ring substituents is 1. The van der Waals surface area contributed by atoms with E-state index < -0.39 is 10.8 Å². The van der Waals surface area contributed by atoms with Crippen molar-refractivity contribution in [3.05, 3.63) is 38.9 Å². The molecule has 0 aliphatic heterocycles. The summed E-state index contributed by atoms with van der Waals surface area (Å²) in [5, 5.41) is 13.4. The molecule has 1 amide bonds. The molecule has 19 heavy (non-hydrogen) atoms. The fourth-order valence-electron chi connectivity index (χ4n) is 1.33. The minimum atomic E-state index is -0.593. The van der Waals surface area contributed by atoms with Crippen molar-refractivity contribution in [1.82, 2.24) is 5.32 Å². The van der Waals surface area contributed by atoms with E-state index in [1.54, 1.807) is 0 Å². The van der Waals surface area contributed by atoms with Gasteiger partial charge in [0.1, 0.15) is 0 Å². The largest absolute Gasteiger partial charge is 0.352 e. The predicted octanol–water partition coefficient (Wildman–Crippen LogP) is 2.14. The molecule has 0 aromatic heterocycles. The highest BCUT2D eigenvalue weighted by Crippen LogP contribution is 2.20. The van der Waals surface area contributed by atoms with E-state index in [1.807, 2.05) is 6.92 Å². The van der Waals surface area contributed by atoms with Gasteiger partial charge in [-0.2, -0.15) is 0 Å². The zero-order chi connectivity index (χ0) is 13.7. The van der Waals surface area contributed by atoms with Gasteiger partial charge in [0.25, 0.3) is 11.6 Å². The average Bonchev–Trinajstić information content (AvgIpc) is 2.27. The maximum absolute atomic E-state index is 11.7. The zero-order valence-electron chi connectivity index (χ0n) is 10.3. The minimum absolute atomic E-state index is 0. The van der Waals surface area contributed by atoms with Crippen molar-refractivity contribution in [3.8, 4) is 0 Å². The Hall–Kier alpha value is -1.37. The highest BCUT2D eigenvalue weighted by molar-refractivity contribution is 6.31. The van der Waals surface area contributed by atoms with Gasteiger partial charge in [-0.1, -0.05) is 11.6 Å². The molecule has 1 aromatic carbocycles. The number of carbonyl (C=O) groups is 1. The third-order valence-electron chi connectivity index (χ3n) is 2.24. The Morgan fingerprint density at radius 1 is 1.53 bits per heavy atom. The Bertz CT molecular complexity index is 466. The summed E-state index contributed by atoms with van der Waals surface area (Å²) in [6.07, 6.45) is 0.633. The first kappa shape index (κ1) is 17.6. The van der Waals surface area contributed by atoms with E-state index >= 15 is 0 Å². The molecule has 0 heterocycles. The van der Waals surface area contributed by atoms with Crippen LogP contribution in [0.4, 0.5) is 5.69 Å². The molecule has 1 unspecified atom stereocenters.